The van der Waals surface area contributed by atoms with Crippen molar-refractivity contribution in [1.82, 2.24) is 0 Å². The smallest absolute Gasteiger partial charge is 0.134 e. The summed E-state index contributed by atoms with van der Waals surface area (Å²) >= 11 is 0. The Morgan fingerprint density at radius 3 is 1.28 bits per heavy atom. The van der Waals surface area contributed by atoms with Gasteiger partial charge in [-0.2, -0.15) is 0 Å². The molecule has 1 nitrogen and oxygen atoms in total. The third kappa shape index (κ3) is 3.24. The average molecular weight is 250 g/mol. The molecule has 1 aliphatic carbocycles. The van der Waals surface area contributed by atoms with Crippen molar-refractivity contribution < 1.29 is 4.79 Å². The lowest BCUT2D eigenvalue weighted by atomic mass is 9.71. The molecule has 0 amide bonds. The molecule has 1 aliphatic rings. The van der Waals surface area contributed by atoms with Crippen LogP contribution in [-0.2, 0) is 4.79 Å². The number of hydrogen-bond acceptors (Lipinski definition) is 1. The highest BCUT2D eigenvalue weighted by molar-refractivity contribution is 5.80. The molecule has 104 valence electrons. The zero-order valence-electron chi connectivity index (χ0n) is 13.5. The first-order valence-corrected chi connectivity index (χ1v) is 7.13. The van der Waals surface area contributed by atoms with Crippen molar-refractivity contribution in [2.24, 2.45) is 22.7 Å². The van der Waals surface area contributed by atoms with E-state index >= 15 is 0 Å². The van der Waals surface area contributed by atoms with Gasteiger partial charge < -0.3 is 0 Å². The highest BCUT2D eigenvalue weighted by Gasteiger charge is 2.37. The second kappa shape index (κ2) is 4.83. The maximum absolute atomic E-state index is 12.3. The minimum atomic E-state index is 0.174. The third-order valence-electron chi connectivity index (χ3n) is 4.62. The Balaban J connectivity index is 3.25. The average Bonchev–Trinajstić information content (AvgIpc) is 2.27. The molecule has 0 saturated heterocycles. The molecule has 0 aromatic heterocycles. The van der Waals surface area contributed by atoms with Gasteiger partial charge in [0.05, 0.1) is 0 Å². The molecule has 2 atom stereocenters. The van der Waals surface area contributed by atoms with Gasteiger partial charge in [-0.25, -0.2) is 0 Å². The van der Waals surface area contributed by atoms with E-state index in [1.807, 2.05) is 0 Å². The fraction of sp³-hybridized carbons (Fsp3) is 0.824. The van der Waals surface area contributed by atoms with Crippen LogP contribution in [-0.4, -0.2) is 5.78 Å². The van der Waals surface area contributed by atoms with Crippen LogP contribution in [0.25, 0.3) is 0 Å². The molecule has 0 heterocycles. The molecule has 0 aliphatic heterocycles. The molecule has 0 unspecified atom stereocenters. The first kappa shape index (κ1) is 15.5. The lowest BCUT2D eigenvalue weighted by Gasteiger charge is -2.34. The van der Waals surface area contributed by atoms with E-state index in [9.17, 15) is 4.79 Å². The zero-order chi connectivity index (χ0) is 14.3. The lowest BCUT2D eigenvalue weighted by Crippen LogP contribution is -2.23. The molecule has 0 radical (unpaired) electrons. The van der Waals surface area contributed by atoms with Crippen molar-refractivity contribution in [2.45, 2.75) is 68.2 Å². The molecule has 0 aromatic carbocycles. The van der Waals surface area contributed by atoms with Crippen molar-refractivity contribution in [1.29, 1.82) is 0 Å². The largest absolute Gasteiger partial charge is 0.300 e. The summed E-state index contributed by atoms with van der Waals surface area (Å²) in [5.41, 5.74) is 3.25. The second-order valence-corrected chi connectivity index (χ2v) is 8.15. The molecule has 1 rings (SSSR count). The summed E-state index contributed by atoms with van der Waals surface area (Å²) in [5, 5.41) is 0. The Labute approximate surface area is 113 Å². The third-order valence-corrected chi connectivity index (χ3v) is 4.62. The first-order chi connectivity index (χ1) is 7.94. The van der Waals surface area contributed by atoms with Gasteiger partial charge in [0.1, 0.15) is 5.78 Å². The van der Waals surface area contributed by atoms with Gasteiger partial charge in [-0.05, 0) is 36.5 Å². The quantitative estimate of drug-likeness (QED) is 0.552. The molecule has 1 heteroatoms. The Hall–Kier alpha value is -0.590. The van der Waals surface area contributed by atoms with E-state index in [1.54, 1.807) is 0 Å². The highest BCUT2D eigenvalue weighted by Crippen LogP contribution is 2.45. The summed E-state index contributed by atoms with van der Waals surface area (Å²) in [6.07, 6.45) is 1.44. The number of carbonyl (C=O) groups is 1. The summed E-state index contributed by atoms with van der Waals surface area (Å²) in [4.78, 5) is 12.3. The van der Waals surface area contributed by atoms with Gasteiger partial charge >= 0.3 is 0 Å². The van der Waals surface area contributed by atoms with E-state index in [0.717, 1.165) is 12.8 Å². The number of ketones is 1. The van der Waals surface area contributed by atoms with Gasteiger partial charge in [0.25, 0.3) is 0 Å². The summed E-state index contributed by atoms with van der Waals surface area (Å²) in [5.74, 6) is 1.24. The van der Waals surface area contributed by atoms with E-state index in [-0.39, 0.29) is 10.8 Å². The van der Waals surface area contributed by atoms with Crippen LogP contribution in [0.1, 0.15) is 68.2 Å². The van der Waals surface area contributed by atoms with Crippen LogP contribution in [0, 0.1) is 22.7 Å². The van der Waals surface area contributed by atoms with Crippen molar-refractivity contribution in [2.75, 3.05) is 0 Å². The Kier molecular flexibility index (Phi) is 4.15. The van der Waals surface area contributed by atoms with Crippen LogP contribution < -0.4 is 0 Å². The van der Waals surface area contributed by atoms with Gasteiger partial charge in [-0.3, -0.25) is 4.79 Å². The van der Waals surface area contributed by atoms with E-state index < -0.39 is 0 Å². The lowest BCUT2D eigenvalue weighted by molar-refractivity contribution is -0.121. The molecule has 0 fully saturated rings. The molecule has 0 aromatic rings. The SMILES string of the molecule is CC1=C(C)[C@@H](C(C)(C)C)CC(=O)C[C@H]1C(C)(C)C. The zero-order valence-corrected chi connectivity index (χ0v) is 13.5. The number of carbonyl (C=O) groups excluding carboxylic acids is 1. The normalized spacial score (nSPS) is 27.4. The molecule has 18 heavy (non-hydrogen) atoms. The fourth-order valence-corrected chi connectivity index (χ4v) is 3.31. The van der Waals surface area contributed by atoms with Crippen LogP contribution in [0.4, 0.5) is 0 Å². The summed E-state index contributed by atoms with van der Waals surface area (Å²) in [6, 6.07) is 0. The van der Waals surface area contributed by atoms with Crippen molar-refractivity contribution >= 4 is 5.78 Å². The van der Waals surface area contributed by atoms with Gasteiger partial charge in [0.15, 0.2) is 0 Å². The van der Waals surface area contributed by atoms with Crippen molar-refractivity contribution in [3.63, 3.8) is 0 Å². The topological polar surface area (TPSA) is 17.1 Å². The van der Waals surface area contributed by atoms with Crippen LogP contribution in [0.2, 0.25) is 0 Å². The number of allylic oxidation sites excluding steroid dienone is 2. The Morgan fingerprint density at radius 2 is 1.06 bits per heavy atom. The van der Waals surface area contributed by atoms with Gasteiger partial charge in [0, 0.05) is 12.8 Å². The van der Waals surface area contributed by atoms with Crippen LogP contribution in [0.3, 0.4) is 0 Å². The molecule has 0 bridgehead atoms. The van der Waals surface area contributed by atoms with Gasteiger partial charge in [0.2, 0.25) is 0 Å². The van der Waals surface area contributed by atoms with Crippen LogP contribution in [0.5, 0.6) is 0 Å². The fourth-order valence-electron chi connectivity index (χ4n) is 3.31. The number of hydrogen-bond donors (Lipinski definition) is 0. The van der Waals surface area contributed by atoms with E-state index in [0.29, 0.717) is 17.6 Å². The molecule has 0 saturated carbocycles. The maximum atomic E-state index is 12.3. The molecular formula is C17H30O. The number of rotatable bonds is 0. The Bertz CT molecular complexity index is 326. The minimum absolute atomic E-state index is 0.174. The predicted molar refractivity (Wildman–Crippen MR) is 78.5 cm³/mol. The molecule has 0 N–H and O–H groups in total. The molecule has 0 spiro atoms. The van der Waals surface area contributed by atoms with E-state index in [4.69, 9.17) is 0 Å². The summed E-state index contributed by atoms with van der Waals surface area (Å²) in [7, 11) is 0. The van der Waals surface area contributed by atoms with Crippen molar-refractivity contribution in [3.05, 3.63) is 11.1 Å². The van der Waals surface area contributed by atoms with Crippen molar-refractivity contribution in [3.8, 4) is 0 Å². The van der Waals surface area contributed by atoms with Crippen LogP contribution >= 0.6 is 0 Å². The first-order valence-electron chi connectivity index (χ1n) is 7.13. The monoisotopic (exact) mass is 250 g/mol. The van der Waals surface area contributed by atoms with E-state index in [1.165, 1.54) is 11.1 Å². The second-order valence-electron chi connectivity index (χ2n) is 8.15. The molecular weight excluding hydrogens is 220 g/mol. The maximum Gasteiger partial charge on any atom is 0.134 e. The van der Waals surface area contributed by atoms with Gasteiger partial charge in [-0.1, -0.05) is 52.7 Å². The Morgan fingerprint density at radius 1 is 0.778 bits per heavy atom. The standard InChI is InChI=1S/C17H30O/c1-11-12(2)15(17(6,7)8)10-13(18)9-14(11)16(3,4)5/h14-15H,9-10H2,1-8H3/t14-,15+. The predicted octanol–water partition coefficient (Wildman–Crippen LogP) is 5.01. The van der Waals surface area contributed by atoms with Crippen LogP contribution in [0.15, 0.2) is 11.1 Å². The van der Waals surface area contributed by atoms with E-state index in [2.05, 4.69) is 55.4 Å². The number of Topliss-reactive ketones (excluding diaryl/α,β-unsaturated/α-hetero) is 1. The highest BCUT2D eigenvalue weighted by atomic mass is 16.1. The summed E-state index contributed by atoms with van der Waals surface area (Å²) < 4.78 is 0. The summed E-state index contributed by atoms with van der Waals surface area (Å²) in [6.45, 7) is 18.0. The minimum Gasteiger partial charge on any atom is -0.300 e. The van der Waals surface area contributed by atoms with Gasteiger partial charge in [-0.15, -0.1) is 0 Å².